The summed E-state index contributed by atoms with van der Waals surface area (Å²) in [5.41, 5.74) is -0.277. The maximum Gasteiger partial charge on any atom is 0.214 e. The first kappa shape index (κ1) is 13.0. The molecule has 15 heavy (non-hydrogen) atoms. The van der Waals surface area contributed by atoms with Crippen molar-refractivity contribution in [2.24, 2.45) is 11.8 Å². The third kappa shape index (κ3) is 2.94. The maximum atomic E-state index is 12.1. The molecule has 1 saturated heterocycles. The first-order valence-corrected chi connectivity index (χ1v) is 7.26. The van der Waals surface area contributed by atoms with Gasteiger partial charge in [-0.1, -0.05) is 13.8 Å². The molecule has 1 aliphatic heterocycles. The van der Waals surface area contributed by atoms with Gasteiger partial charge in [-0.05, 0) is 39.0 Å². The predicted octanol–water partition coefficient (Wildman–Crippen LogP) is 2.09. The lowest BCUT2D eigenvalue weighted by atomic mass is 9.94. The van der Waals surface area contributed by atoms with E-state index in [9.17, 15) is 8.42 Å². The van der Waals surface area contributed by atoms with Crippen molar-refractivity contribution in [3.8, 4) is 0 Å². The molecule has 90 valence electrons. The zero-order chi connectivity index (χ0) is 11.9. The Morgan fingerprint density at radius 3 is 2.13 bits per heavy atom. The van der Waals surface area contributed by atoms with Crippen LogP contribution in [-0.2, 0) is 10.0 Å². The average molecular weight is 233 g/mol. The zero-order valence-corrected chi connectivity index (χ0v) is 11.3. The fourth-order valence-corrected chi connectivity index (χ4v) is 4.64. The molecule has 1 rings (SSSR count). The molecule has 1 aliphatic rings. The van der Waals surface area contributed by atoms with E-state index in [0.29, 0.717) is 24.1 Å². The summed E-state index contributed by atoms with van der Waals surface area (Å²) in [6, 6.07) is 0. The maximum absolute atomic E-state index is 12.1. The third-order valence-corrected chi connectivity index (χ3v) is 5.41. The largest absolute Gasteiger partial charge is 0.214 e. The van der Waals surface area contributed by atoms with Crippen LogP contribution in [0.3, 0.4) is 0 Å². The number of sulfonamides is 1. The van der Waals surface area contributed by atoms with Gasteiger partial charge in [0, 0.05) is 12.1 Å². The quantitative estimate of drug-likeness (QED) is 0.695. The molecule has 0 aromatic rings. The lowest BCUT2D eigenvalue weighted by Gasteiger charge is -2.40. The molecule has 0 aromatic carbocycles. The van der Waals surface area contributed by atoms with Gasteiger partial charge >= 0.3 is 0 Å². The van der Waals surface area contributed by atoms with Gasteiger partial charge in [-0.2, -0.15) is 4.31 Å². The van der Waals surface area contributed by atoms with E-state index in [-0.39, 0.29) is 5.54 Å². The Bertz CT molecular complexity index is 314. The van der Waals surface area contributed by atoms with Crippen LogP contribution in [0.15, 0.2) is 0 Å². The minimum absolute atomic E-state index is 0.277. The van der Waals surface area contributed by atoms with Gasteiger partial charge in [-0.15, -0.1) is 0 Å². The van der Waals surface area contributed by atoms with Gasteiger partial charge in [-0.25, -0.2) is 8.42 Å². The molecule has 1 unspecified atom stereocenters. The van der Waals surface area contributed by atoms with Crippen LogP contribution >= 0.6 is 0 Å². The monoisotopic (exact) mass is 233 g/mol. The van der Waals surface area contributed by atoms with E-state index in [2.05, 4.69) is 13.8 Å². The first-order chi connectivity index (χ1) is 6.64. The SMILES string of the molecule is CC(C)C1CCN(C(C)(C)C)S(=O)(=O)C1. The van der Waals surface area contributed by atoms with Crippen molar-refractivity contribution in [3.05, 3.63) is 0 Å². The van der Waals surface area contributed by atoms with Crippen LogP contribution in [0.2, 0.25) is 0 Å². The highest BCUT2D eigenvalue weighted by Crippen LogP contribution is 2.30. The second kappa shape index (κ2) is 4.06. The van der Waals surface area contributed by atoms with Crippen molar-refractivity contribution in [3.63, 3.8) is 0 Å². The second-order valence-electron chi connectivity index (χ2n) is 5.81. The summed E-state index contributed by atoms with van der Waals surface area (Å²) in [6.07, 6.45) is 0.994. The van der Waals surface area contributed by atoms with Crippen LogP contribution in [0, 0.1) is 11.8 Å². The number of hydrogen-bond donors (Lipinski definition) is 0. The van der Waals surface area contributed by atoms with Gasteiger partial charge in [-0.3, -0.25) is 0 Å². The highest BCUT2D eigenvalue weighted by Gasteiger charge is 2.38. The van der Waals surface area contributed by atoms with Crippen LogP contribution in [0.25, 0.3) is 0 Å². The molecular formula is C11H23NO2S. The first-order valence-electron chi connectivity index (χ1n) is 5.65. The van der Waals surface area contributed by atoms with Crippen molar-refractivity contribution >= 4 is 10.0 Å². The molecule has 0 amide bonds. The van der Waals surface area contributed by atoms with E-state index in [1.54, 1.807) is 4.31 Å². The standard InChI is InChI=1S/C11H23NO2S/c1-9(2)10-6-7-12(11(3,4)5)15(13,14)8-10/h9-10H,6-8H2,1-5H3. The van der Waals surface area contributed by atoms with E-state index in [4.69, 9.17) is 0 Å². The predicted molar refractivity (Wildman–Crippen MR) is 63.2 cm³/mol. The van der Waals surface area contributed by atoms with Crippen LogP contribution in [0.4, 0.5) is 0 Å². The van der Waals surface area contributed by atoms with Gasteiger partial charge in [0.15, 0.2) is 0 Å². The van der Waals surface area contributed by atoms with Crippen molar-refractivity contribution in [1.82, 2.24) is 4.31 Å². The van der Waals surface area contributed by atoms with E-state index >= 15 is 0 Å². The lowest BCUT2D eigenvalue weighted by molar-refractivity contribution is 0.205. The summed E-state index contributed by atoms with van der Waals surface area (Å²) in [7, 11) is -3.04. The fraction of sp³-hybridized carbons (Fsp3) is 1.00. The van der Waals surface area contributed by atoms with Crippen LogP contribution in [-0.4, -0.2) is 30.6 Å². The second-order valence-corrected chi connectivity index (χ2v) is 7.75. The molecule has 3 nitrogen and oxygen atoms in total. The van der Waals surface area contributed by atoms with Crippen LogP contribution in [0.1, 0.15) is 41.0 Å². The van der Waals surface area contributed by atoms with Gasteiger partial charge in [0.2, 0.25) is 10.0 Å². The molecule has 4 heteroatoms. The number of rotatable bonds is 1. The molecule has 0 saturated carbocycles. The number of hydrogen-bond acceptors (Lipinski definition) is 2. The van der Waals surface area contributed by atoms with E-state index in [1.165, 1.54) is 0 Å². The Morgan fingerprint density at radius 1 is 1.27 bits per heavy atom. The molecule has 0 radical (unpaired) electrons. The molecular weight excluding hydrogens is 210 g/mol. The zero-order valence-electron chi connectivity index (χ0n) is 10.4. The normalized spacial score (nSPS) is 28.3. The summed E-state index contributed by atoms with van der Waals surface area (Å²) >= 11 is 0. The van der Waals surface area contributed by atoms with E-state index < -0.39 is 10.0 Å². The third-order valence-electron chi connectivity index (χ3n) is 3.15. The molecule has 1 fully saturated rings. The summed E-state index contributed by atoms with van der Waals surface area (Å²) in [6.45, 7) is 10.8. The van der Waals surface area contributed by atoms with Gasteiger partial charge in [0.1, 0.15) is 0 Å². The molecule has 0 spiro atoms. The fourth-order valence-electron chi connectivity index (χ4n) is 2.14. The molecule has 1 heterocycles. The highest BCUT2D eigenvalue weighted by atomic mass is 32.2. The molecule has 0 aliphatic carbocycles. The van der Waals surface area contributed by atoms with Crippen LogP contribution < -0.4 is 0 Å². The van der Waals surface area contributed by atoms with Gasteiger partial charge in [0.25, 0.3) is 0 Å². The summed E-state index contributed by atoms with van der Waals surface area (Å²) in [5.74, 6) is 1.11. The van der Waals surface area contributed by atoms with Crippen LogP contribution in [0.5, 0.6) is 0 Å². The van der Waals surface area contributed by atoms with E-state index in [1.807, 2.05) is 20.8 Å². The highest BCUT2D eigenvalue weighted by molar-refractivity contribution is 7.89. The Labute approximate surface area is 93.9 Å². The summed E-state index contributed by atoms with van der Waals surface area (Å²) in [5, 5.41) is 0. The van der Waals surface area contributed by atoms with Crippen molar-refractivity contribution < 1.29 is 8.42 Å². The number of nitrogens with zero attached hydrogens (tertiary/aromatic N) is 1. The van der Waals surface area contributed by atoms with Crippen molar-refractivity contribution in [2.75, 3.05) is 12.3 Å². The Morgan fingerprint density at radius 2 is 1.80 bits per heavy atom. The minimum Gasteiger partial charge on any atom is -0.212 e. The Kier molecular flexibility index (Phi) is 3.51. The Hall–Kier alpha value is -0.0900. The van der Waals surface area contributed by atoms with Gasteiger partial charge < -0.3 is 0 Å². The molecule has 0 bridgehead atoms. The lowest BCUT2D eigenvalue weighted by Crippen LogP contribution is -2.52. The minimum atomic E-state index is -3.04. The topological polar surface area (TPSA) is 37.4 Å². The van der Waals surface area contributed by atoms with Gasteiger partial charge in [0.05, 0.1) is 5.75 Å². The Balaban J connectivity index is 2.86. The van der Waals surface area contributed by atoms with Crippen molar-refractivity contribution in [1.29, 1.82) is 0 Å². The van der Waals surface area contributed by atoms with E-state index in [0.717, 1.165) is 6.42 Å². The summed E-state index contributed by atoms with van der Waals surface area (Å²) < 4.78 is 25.8. The smallest absolute Gasteiger partial charge is 0.212 e. The molecule has 0 N–H and O–H groups in total. The molecule has 1 atom stereocenters. The van der Waals surface area contributed by atoms with Crippen molar-refractivity contribution in [2.45, 2.75) is 46.6 Å². The average Bonchev–Trinajstić information content (AvgIpc) is 1.99. The summed E-state index contributed by atoms with van der Waals surface area (Å²) in [4.78, 5) is 0. The molecule has 0 aromatic heterocycles.